The molecule has 0 amide bonds. The topological polar surface area (TPSA) is 49.6 Å². The summed E-state index contributed by atoms with van der Waals surface area (Å²) in [6, 6.07) is 2.19. The summed E-state index contributed by atoms with van der Waals surface area (Å²) in [6.45, 7) is 10.5. The molecule has 0 aliphatic carbocycles. The fourth-order valence-corrected chi connectivity index (χ4v) is 1.79. The molecule has 1 heterocycles. The second-order valence-electron chi connectivity index (χ2n) is 5.54. The van der Waals surface area contributed by atoms with Crippen LogP contribution in [-0.2, 0) is 5.41 Å². The summed E-state index contributed by atoms with van der Waals surface area (Å²) in [6.07, 6.45) is 3.81. The maximum Gasteiger partial charge on any atom is 0.133 e. The molecule has 0 aromatic carbocycles. The minimum atomic E-state index is -0.0747. The lowest BCUT2D eigenvalue weighted by atomic mass is 9.93. The van der Waals surface area contributed by atoms with Crippen molar-refractivity contribution in [2.75, 3.05) is 0 Å². The zero-order valence-corrected chi connectivity index (χ0v) is 11.4. The standard InChI is InChI=1S/C14H21N3/c1-6-7-10(2)12-11(8-15)9-16-13(17-12)14(3,4)5/h9-10H,6-7H2,1-5H3. The number of nitriles is 1. The largest absolute Gasteiger partial charge is 0.239 e. The highest BCUT2D eigenvalue weighted by Gasteiger charge is 2.21. The predicted molar refractivity (Wildman–Crippen MR) is 68.8 cm³/mol. The Kier molecular flexibility index (Phi) is 4.22. The Balaban J connectivity index is 3.21. The molecule has 0 bridgehead atoms. The molecule has 92 valence electrons. The molecule has 0 aliphatic rings. The molecule has 0 fully saturated rings. The molecular weight excluding hydrogens is 210 g/mol. The zero-order chi connectivity index (χ0) is 13.1. The molecule has 17 heavy (non-hydrogen) atoms. The van der Waals surface area contributed by atoms with Crippen molar-refractivity contribution in [1.82, 2.24) is 9.97 Å². The minimum Gasteiger partial charge on any atom is -0.239 e. The first kappa shape index (κ1) is 13.6. The Morgan fingerprint density at radius 1 is 1.41 bits per heavy atom. The second kappa shape index (κ2) is 5.27. The molecule has 0 N–H and O–H groups in total. The molecule has 1 aromatic rings. The lowest BCUT2D eigenvalue weighted by molar-refractivity contribution is 0.532. The molecule has 0 radical (unpaired) electrons. The number of aromatic nitrogens is 2. The van der Waals surface area contributed by atoms with Gasteiger partial charge in [0.05, 0.1) is 11.3 Å². The number of hydrogen-bond donors (Lipinski definition) is 0. The van der Waals surface area contributed by atoms with Gasteiger partial charge in [0, 0.05) is 11.6 Å². The Hall–Kier alpha value is -1.43. The molecule has 0 aliphatic heterocycles. The van der Waals surface area contributed by atoms with Gasteiger partial charge in [-0.3, -0.25) is 0 Å². The van der Waals surface area contributed by atoms with E-state index in [1.165, 1.54) is 0 Å². The van der Waals surface area contributed by atoms with Crippen molar-refractivity contribution < 1.29 is 0 Å². The molecule has 1 atom stereocenters. The van der Waals surface area contributed by atoms with Crippen LogP contribution in [0.4, 0.5) is 0 Å². The average molecular weight is 231 g/mol. The fourth-order valence-electron chi connectivity index (χ4n) is 1.79. The van der Waals surface area contributed by atoms with Gasteiger partial charge in [-0.15, -0.1) is 0 Å². The normalized spacial score (nSPS) is 13.2. The van der Waals surface area contributed by atoms with Gasteiger partial charge in [0.15, 0.2) is 0 Å². The van der Waals surface area contributed by atoms with Crippen molar-refractivity contribution in [1.29, 1.82) is 5.26 Å². The van der Waals surface area contributed by atoms with Gasteiger partial charge in [0.1, 0.15) is 11.9 Å². The molecular formula is C14H21N3. The van der Waals surface area contributed by atoms with Gasteiger partial charge in [-0.2, -0.15) is 5.26 Å². The third kappa shape index (κ3) is 3.26. The Labute approximate surface area is 104 Å². The van der Waals surface area contributed by atoms with Crippen molar-refractivity contribution >= 4 is 0 Å². The minimum absolute atomic E-state index is 0.0747. The molecule has 1 unspecified atom stereocenters. The van der Waals surface area contributed by atoms with Crippen LogP contribution in [0.3, 0.4) is 0 Å². The average Bonchev–Trinajstić information content (AvgIpc) is 2.27. The molecule has 0 saturated carbocycles. The van der Waals surface area contributed by atoms with E-state index in [0.29, 0.717) is 11.5 Å². The number of nitrogens with zero attached hydrogens (tertiary/aromatic N) is 3. The van der Waals surface area contributed by atoms with Gasteiger partial charge in [-0.25, -0.2) is 9.97 Å². The van der Waals surface area contributed by atoms with Gasteiger partial charge < -0.3 is 0 Å². The summed E-state index contributed by atoms with van der Waals surface area (Å²) in [7, 11) is 0. The molecule has 3 heteroatoms. The van der Waals surface area contributed by atoms with Crippen LogP contribution in [0.2, 0.25) is 0 Å². The van der Waals surface area contributed by atoms with Crippen LogP contribution in [0.5, 0.6) is 0 Å². The van der Waals surface area contributed by atoms with E-state index in [9.17, 15) is 0 Å². The van der Waals surface area contributed by atoms with Crippen LogP contribution in [-0.4, -0.2) is 9.97 Å². The molecule has 3 nitrogen and oxygen atoms in total. The van der Waals surface area contributed by atoms with E-state index in [2.05, 4.69) is 50.7 Å². The van der Waals surface area contributed by atoms with Gasteiger partial charge in [0.25, 0.3) is 0 Å². The van der Waals surface area contributed by atoms with Gasteiger partial charge in [-0.05, 0) is 12.3 Å². The van der Waals surface area contributed by atoms with Crippen molar-refractivity contribution in [3.8, 4) is 6.07 Å². The molecule has 0 saturated heterocycles. The number of rotatable bonds is 3. The van der Waals surface area contributed by atoms with Crippen LogP contribution >= 0.6 is 0 Å². The maximum absolute atomic E-state index is 9.10. The monoisotopic (exact) mass is 231 g/mol. The highest BCUT2D eigenvalue weighted by atomic mass is 14.9. The van der Waals surface area contributed by atoms with Crippen molar-refractivity contribution in [2.24, 2.45) is 0 Å². The van der Waals surface area contributed by atoms with Gasteiger partial charge in [-0.1, -0.05) is 41.0 Å². The first-order chi connectivity index (χ1) is 7.90. The summed E-state index contributed by atoms with van der Waals surface area (Å²) < 4.78 is 0. The van der Waals surface area contributed by atoms with E-state index in [0.717, 1.165) is 24.4 Å². The van der Waals surface area contributed by atoms with E-state index < -0.39 is 0 Å². The van der Waals surface area contributed by atoms with Crippen LogP contribution < -0.4 is 0 Å². The van der Waals surface area contributed by atoms with E-state index in [-0.39, 0.29) is 5.41 Å². The van der Waals surface area contributed by atoms with E-state index in [1.54, 1.807) is 6.20 Å². The van der Waals surface area contributed by atoms with Crippen LogP contribution in [0.15, 0.2) is 6.20 Å². The van der Waals surface area contributed by atoms with Crippen molar-refractivity contribution in [2.45, 2.75) is 58.8 Å². The van der Waals surface area contributed by atoms with Crippen molar-refractivity contribution in [3.63, 3.8) is 0 Å². The summed E-state index contributed by atoms with van der Waals surface area (Å²) >= 11 is 0. The lowest BCUT2D eigenvalue weighted by Crippen LogP contribution is -2.18. The van der Waals surface area contributed by atoms with Crippen LogP contribution in [0.25, 0.3) is 0 Å². The summed E-state index contributed by atoms with van der Waals surface area (Å²) in [4.78, 5) is 8.89. The Bertz CT molecular complexity index is 424. The second-order valence-corrected chi connectivity index (χ2v) is 5.54. The molecule has 1 rings (SSSR count). The smallest absolute Gasteiger partial charge is 0.133 e. The van der Waals surface area contributed by atoms with E-state index >= 15 is 0 Å². The number of hydrogen-bond acceptors (Lipinski definition) is 3. The first-order valence-electron chi connectivity index (χ1n) is 6.17. The van der Waals surface area contributed by atoms with Crippen LogP contribution in [0.1, 0.15) is 70.5 Å². The first-order valence-corrected chi connectivity index (χ1v) is 6.17. The fraction of sp³-hybridized carbons (Fsp3) is 0.643. The summed E-state index contributed by atoms with van der Waals surface area (Å²) in [5, 5.41) is 9.10. The van der Waals surface area contributed by atoms with Gasteiger partial charge in [0.2, 0.25) is 0 Å². The Morgan fingerprint density at radius 2 is 2.06 bits per heavy atom. The summed E-state index contributed by atoms with van der Waals surface area (Å²) in [5.41, 5.74) is 1.43. The maximum atomic E-state index is 9.10. The molecule has 1 aromatic heterocycles. The SMILES string of the molecule is CCCC(C)c1nc(C(C)(C)C)ncc1C#N. The third-order valence-corrected chi connectivity index (χ3v) is 2.80. The van der Waals surface area contributed by atoms with E-state index in [1.807, 2.05) is 0 Å². The van der Waals surface area contributed by atoms with Crippen molar-refractivity contribution in [3.05, 3.63) is 23.3 Å². The molecule has 0 spiro atoms. The zero-order valence-electron chi connectivity index (χ0n) is 11.4. The highest BCUT2D eigenvalue weighted by Crippen LogP contribution is 2.25. The van der Waals surface area contributed by atoms with E-state index in [4.69, 9.17) is 5.26 Å². The quantitative estimate of drug-likeness (QED) is 0.799. The predicted octanol–water partition coefficient (Wildman–Crippen LogP) is 3.55. The summed E-state index contributed by atoms with van der Waals surface area (Å²) in [5.74, 6) is 1.13. The third-order valence-electron chi connectivity index (χ3n) is 2.80. The van der Waals surface area contributed by atoms with Gasteiger partial charge >= 0.3 is 0 Å². The Morgan fingerprint density at radius 3 is 2.53 bits per heavy atom. The highest BCUT2D eigenvalue weighted by molar-refractivity contribution is 5.33. The lowest BCUT2D eigenvalue weighted by Gasteiger charge is -2.19. The van der Waals surface area contributed by atoms with Crippen LogP contribution in [0, 0.1) is 11.3 Å².